The SMILES string of the molecule is CCc1nc(CNC)nn1C. The summed E-state index contributed by atoms with van der Waals surface area (Å²) in [6, 6.07) is 0. The van der Waals surface area contributed by atoms with Crippen molar-refractivity contribution in [2.75, 3.05) is 7.05 Å². The number of aryl methyl sites for hydroxylation is 2. The van der Waals surface area contributed by atoms with E-state index in [9.17, 15) is 0 Å². The maximum Gasteiger partial charge on any atom is 0.164 e. The maximum atomic E-state index is 4.31. The van der Waals surface area contributed by atoms with E-state index in [1.807, 2.05) is 18.8 Å². The highest BCUT2D eigenvalue weighted by atomic mass is 15.3. The number of nitrogens with one attached hydrogen (secondary N) is 1. The molecule has 0 atom stereocenters. The third-order valence-corrected chi connectivity index (χ3v) is 1.55. The van der Waals surface area contributed by atoms with Crippen molar-refractivity contribution in [2.45, 2.75) is 19.9 Å². The largest absolute Gasteiger partial charge is 0.313 e. The first kappa shape index (κ1) is 8.20. The van der Waals surface area contributed by atoms with Gasteiger partial charge in [-0.15, -0.1) is 0 Å². The van der Waals surface area contributed by atoms with E-state index in [1.54, 1.807) is 0 Å². The Bertz CT molecular complexity index is 228. The van der Waals surface area contributed by atoms with E-state index < -0.39 is 0 Å². The molecular weight excluding hydrogens is 140 g/mol. The van der Waals surface area contributed by atoms with Crippen LogP contribution in [-0.2, 0) is 20.0 Å². The summed E-state index contributed by atoms with van der Waals surface area (Å²) in [6.07, 6.45) is 0.938. The van der Waals surface area contributed by atoms with Crippen LogP contribution in [0.15, 0.2) is 0 Å². The molecule has 0 fully saturated rings. The molecule has 4 heteroatoms. The third kappa shape index (κ3) is 1.77. The van der Waals surface area contributed by atoms with Crippen molar-refractivity contribution >= 4 is 0 Å². The van der Waals surface area contributed by atoms with E-state index >= 15 is 0 Å². The highest BCUT2D eigenvalue weighted by Gasteiger charge is 2.02. The molecule has 0 bridgehead atoms. The number of hydrogen-bond acceptors (Lipinski definition) is 3. The Hall–Kier alpha value is -0.900. The predicted molar refractivity (Wildman–Crippen MR) is 43.1 cm³/mol. The van der Waals surface area contributed by atoms with E-state index in [0.29, 0.717) is 0 Å². The third-order valence-electron chi connectivity index (χ3n) is 1.55. The van der Waals surface area contributed by atoms with Crippen molar-refractivity contribution in [1.29, 1.82) is 0 Å². The molecule has 0 aliphatic heterocycles. The van der Waals surface area contributed by atoms with Crippen LogP contribution in [0.4, 0.5) is 0 Å². The van der Waals surface area contributed by atoms with Crippen molar-refractivity contribution < 1.29 is 0 Å². The molecule has 0 amide bonds. The average molecular weight is 154 g/mol. The van der Waals surface area contributed by atoms with Gasteiger partial charge in [0.1, 0.15) is 5.82 Å². The lowest BCUT2D eigenvalue weighted by molar-refractivity contribution is 0.686. The standard InChI is InChI=1S/C7H14N4/c1-4-7-9-6(5-8-2)10-11(7)3/h8H,4-5H2,1-3H3. The first-order valence-corrected chi connectivity index (χ1v) is 3.81. The molecule has 0 aromatic carbocycles. The fourth-order valence-electron chi connectivity index (χ4n) is 1.02. The first-order valence-electron chi connectivity index (χ1n) is 3.81. The van der Waals surface area contributed by atoms with Crippen LogP contribution in [0, 0.1) is 0 Å². The first-order chi connectivity index (χ1) is 5.27. The summed E-state index contributed by atoms with van der Waals surface area (Å²) >= 11 is 0. The summed E-state index contributed by atoms with van der Waals surface area (Å²) in [5.74, 6) is 1.90. The van der Waals surface area contributed by atoms with Crippen molar-refractivity contribution in [3.8, 4) is 0 Å². The second-order valence-corrected chi connectivity index (χ2v) is 2.45. The van der Waals surface area contributed by atoms with Crippen molar-refractivity contribution in [3.05, 3.63) is 11.6 Å². The maximum absolute atomic E-state index is 4.31. The second-order valence-electron chi connectivity index (χ2n) is 2.45. The van der Waals surface area contributed by atoms with Gasteiger partial charge in [0, 0.05) is 13.5 Å². The van der Waals surface area contributed by atoms with Crippen molar-refractivity contribution in [1.82, 2.24) is 20.1 Å². The molecular formula is C7H14N4. The Morgan fingerprint density at radius 1 is 1.55 bits per heavy atom. The fraction of sp³-hybridized carbons (Fsp3) is 0.714. The lowest BCUT2D eigenvalue weighted by Crippen LogP contribution is -2.06. The van der Waals surface area contributed by atoms with Gasteiger partial charge in [0.15, 0.2) is 5.82 Å². The normalized spacial score (nSPS) is 10.5. The number of hydrogen-bond donors (Lipinski definition) is 1. The van der Waals surface area contributed by atoms with Crippen LogP contribution in [0.3, 0.4) is 0 Å². The molecule has 4 nitrogen and oxygen atoms in total. The van der Waals surface area contributed by atoms with Crippen LogP contribution in [0.2, 0.25) is 0 Å². The van der Waals surface area contributed by atoms with E-state index in [4.69, 9.17) is 0 Å². The van der Waals surface area contributed by atoms with Gasteiger partial charge >= 0.3 is 0 Å². The average Bonchev–Trinajstić information content (AvgIpc) is 2.32. The molecule has 0 radical (unpaired) electrons. The minimum absolute atomic E-state index is 0.744. The molecule has 0 aliphatic carbocycles. The van der Waals surface area contributed by atoms with E-state index in [-0.39, 0.29) is 0 Å². The summed E-state index contributed by atoms with van der Waals surface area (Å²) in [6.45, 7) is 2.82. The number of aromatic nitrogens is 3. The molecule has 0 unspecified atom stereocenters. The molecule has 1 N–H and O–H groups in total. The zero-order valence-electron chi connectivity index (χ0n) is 7.26. The van der Waals surface area contributed by atoms with Gasteiger partial charge in [0.25, 0.3) is 0 Å². The number of rotatable bonds is 3. The quantitative estimate of drug-likeness (QED) is 0.671. The van der Waals surface area contributed by atoms with Crippen molar-refractivity contribution in [2.24, 2.45) is 7.05 Å². The minimum Gasteiger partial charge on any atom is -0.313 e. The lowest BCUT2D eigenvalue weighted by atomic mass is 10.4. The van der Waals surface area contributed by atoms with E-state index in [0.717, 1.165) is 24.6 Å². The van der Waals surface area contributed by atoms with Crippen molar-refractivity contribution in [3.63, 3.8) is 0 Å². The zero-order chi connectivity index (χ0) is 8.27. The molecule has 0 saturated heterocycles. The summed E-state index contributed by atoms with van der Waals surface area (Å²) in [7, 11) is 3.81. The van der Waals surface area contributed by atoms with Gasteiger partial charge in [-0.1, -0.05) is 6.92 Å². The van der Waals surface area contributed by atoms with Gasteiger partial charge in [-0.05, 0) is 7.05 Å². The monoisotopic (exact) mass is 154 g/mol. The Kier molecular flexibility index (Phi) is 2.59. The number of nitrogens with zero attached hydrogens (tertiary/aromatic N) is 3. The Labute approximate surface area is 66.6 Å². The van der Waals surface area contributed by atoms with Gasteiger partial charge in [-0.2, -0.15) is 5.10 Å². The van der Waals surface area contributed by atoms with Gasteiger partial charge in [0.05, 0.1) is 6.54 Å². The Morgan fingerprint density at radius 3 is 2.73 bits per heavy atom. The van der Waals surface area contributed by atoms with Gasteiger partial charge in [-0.25, -0.2) is 4.98 Å². The molecule has 0 saturated carbocycles. The lowest BCUT2D eigenvalue weighted by Gasteiger charge is -1.90. The van der Waals surface area contributed by atoms with Gasteiger partial charge < -0.3 is 5.32 Å². The van der Waals surface area contributed by atoms with E-state index in [2.05, 4.69) is 22.3 Å². The molecule has 1 heterocycles. The molecule has 11 heavy (non-hydrogen) atoms. The van der Waals surface area contributed by atoms with E-state index in [1.165, 1.54) is 0 Å². The summed E-state index contributed by atoms with van der Waals surface area (Å²) in [5.41, 5.74) is 0. The van der Waals surface area contributed by atoms with Crippen LogP contribution < -0.4 is 5.32 Å². The molecule has 1 rings (SSSR count). The molecule has 0 aliphatic rings. The molecule has 1 aromatic rings. The Balaban J connectivity index is 2.77. The van der Waals surface area contributed by atoms with Gasteiger partial charge in [-0.3, -0.25) is 4.68 Å². The van der Waals surface area contributed by atoms with Crippen LogP contribution >= 0.6 is 0 Å². The second kappa shape index (κ2) is 3.48. The molecule has 0 spiro atoms. The smallest absolute Gasteiger partial charge is 0.164 e. The Morgan fingerprint density at radius 2 is 2.27 bits per heavy atom. The topological polar surface area (TPSA) is 42.7 Å². The van der Waals surface area contributed by atoms with Crippen LogP contribution in [0.5, 0.6) is 0 Å². The highest BCUT2D eigenvalue weighted by molar-refractivity contribution is 4.91. The molecule has 62 valence electrons. The fourth-order valence-corrected chi connectivity index (χ4v) is 1.02. The van der Waals surface area contributed by atoms with Crippen LogP contribution in [0.25, 0.3) is 0 Å². The van der Waals surface area contributed by atoms with Crippen LogP contribution in [-0.4, -0.2) is 21.8 Å². The summed E-state index contributed by atoms with van der Waals surface area (Å²) < 4.78 is 1.83. The highest BCUT2D eigenvalue weighted by Crippen LogP contribution is 1.96. The molecule has 1 aromatic heterocycles. The summed E-state index contributed by atoms with van der Waals surface area (Å²) in [4.78, 5) is 4.31. The predicted octanol–water partition coefficient (Wildman–Crippen LogP) is 0.0969. The zero-order valence-corrected chi connectivity index (χ0v) is 7.26. The van der Waals surface area contributed by atoms with Crippen LogP contribution in [0.1, 0.15) is 18.6 Å². The summed E-state index contributed by atoms with van der Waals surface area (Å²) in [5, 5.41) is 7.22. The minimum atomic E-state index is 0.744. The van der Waals surface area contributed by atoms with Gasteiger partial charge in [0.2, 0.25) is 0 Å².